The van der Waals surface area contributed by atoms with E-state index in [9.17, 15) is 9.59 Å². The summed E-state index contributed by atoms with van der Waals surface area (Å²) in [5.41, 5.74) is 3.20. The summed E-state index contributed by atoms with van der Waals surface area (Å²) in [6.07, 6.45) is 0.711. The number of carbonyl (C=O) groups excluding carboxylic acids is 2. The quantitative estimate of drug-likeness (QED) is 0.514. The Bertz CT molecular complexity index is 745. The first-order chi connectivity index (χ1) is 9.41. The molecule has 1 aliphatic rings. The van der Waals surface area contributed by atoms with Crippen molar-refractivity contribution >= 4 is 34.0 Å². The molecule has 0 N–H and O–H groups in total. The van der Waals surface area contributed by atoms with Crippen LogP contribution in [-0.4, -0.2) is 35.4 Å². The van der Waals surface area contributed by atoms with E-state index < -0.39 is 18.4 Å². The van der Waals surface area contributed by atoms with Crippen molar-refractivity contribution in [3.63, 3.8) is 0 Å². The van der Waals surface area contributed by atoms with Gasteiger partial charge in [0.1, 0.15) is 0 Å². The maximum absolute atomic E-state index is 12.5. The van der Waals surface area contributed by atoms with Gasteiger partial charge < -0.3 is 0 Å². The first-order valence-corrected chi connectivity index (χ1v) is 16.6. The van der Waals surface area contributed by atoms with E-state index >= 15 is 0 Å². The first-order valence-electron chi connectivity index (χ1n) is 6.57. The van der Waals surface area contributed by atoms with Crippen molar-refractivity contribution in [2.24, 2.45) is 0 Å². The van der Waals surface area contributed by atoms with E-state index in [0.29, 0.717) is 23.2 Å². The average molecular weight is 372 g/mol. The molecular formula is C16H15NO2Sn. The molecule has 0 saturated carbocycles. The van der Waals surface area contributed by atoms with Crippen LogP contribution in [0.4, 0.5) is 0 Å². The Morgan fingerprint density at radius 1 is 1.00 bits per heavy atom. The SMILES string of the molecule is [CH3][Sn]([CH3])([CH3])[c]1ccc2c(c1)C(=O)c1ccc(C=O)nc1-2. The van der Waals surface area contributed by atoms with Gasteiger partial charge in [-0.3, -0.25) is 0 Å². The molecular weight excluding hydrogens is 357 g/mol. The van der Waals surface area contributed by atoms with E-state index in [1.54, 1.807) is 12.1 Å². The standard InChI is InChI=1S/C13H6NO2.3CH3.Sn/c15-7-8-5-6-11-12(14-8)9-3-1-2-4-10(9)13(11)16;;;;/h1,3-7H;3*1H3;. The molecule has 0 amide bonds. The van der Waals surface area contributed by atoms with Crippen LogP contribution < -0.4 is 3.58 Å². The fourth-order valence-corrected chi connectivity index (χ4v) is 5.79. The third-order valence-corrected chi connectivity index (χ3v) is 9.50. The molecule has 2 aromatic rings. The molecule has 1 aromatic carbocycles. The second-order valence-corrected chi connectivity index (χ2v) is 20.6. The van der Waals surface area contributed by atoms with Crippen molar-refractivity contribution in [1.29, 1.82) is 0 Å². The Balaban J connectivity index is 2.22. The zero-order chi connectivity index (χ0) is 14.5. The minimum absolute atomic E-state index is 0.0253. The molecule has 100 valence electrons. The third kappa shape index (κ3) is 2.00. The molecule has 1 heterocycles. The molecule has 0 atom stereocenters. The summed E-state index contributed by atoms with van der Waals surface area (Å²) in [6, 6.07) is 9.44. The van der Waals surface area contributed by atoms with Crippen LogP contribution in [0.25, 0.3) is 11.3 Å². The van der Waals surface area contributed by atoms with Crippen LogP contribution >= 0.6 is 0 Å². The van der Waals surface area contributed by atoms with Gasteiger partial charge in [-0.2, -0.15) is 0 Å². The molecule has 0 saturated heterocycles. The average Bonchev–Trinajstić information content (AvgIpc) is 2.70. The zero-order valence-electron chi connectivity index (χ0n) is 11.7. The van der Waals surface area contributed by atoms with Gasteiger partial charge in [-0.1, -0.05) is 0 Å². The summed E-state index contributed by atoms with van der Waals surface area (Å²) >= 11 is -2.20. The molecule has 4 heteroatoms. The second kappa shape index (κ2) is 4.52. The van der Waals surface area contributed by atoms with E-state index in [0.717, 1.165) is 11.1 Å². The van der Waals surface area contributed by atoms with Gasteiger partial charge in [0.25, 0.3) is 0 Å². The van der Waals surface area contributed by atoms with Crippen LogP contribution in [0, 0.1) is 0 Å². The van der Waals surface area contributed by atoms with E-state index in [1.807, 2.05) is 12.1 Å². The molecule has 0 spiro atoms. The summed E-state index contributed by atoms with van der Waals surface area (Å²) in [4.78, 5) is 34.6. The first kappa shape index (κ1) is 13.5. The van der Waals surface area contributed by atoms with Crippen LogP contribution in [0.15, 0.2) is 30.3 Å². The minimum atomic E-state index is -2.20. The summed E-state index contributed by atoms with van der Waals surface area (Å²) in [5.74, 6) is 0.0253. The van der Waals surface area contributed by atoms with Gasteiger partial charge in [-0.05, 0) is 0 Å². The molecule has 3 rings (SSSR count). The Morgan fingerprint density at radius 2 is 1.70 bits per heavy atom. The number of benzene rings is 1. The fourth-order valence-electron chi connectivity index (χ4n) is 2.48. The van der Waals surface area contributed by atoms with Crippen LogP contribution in [0.3, 0.4) is 0 Å². The number of aldehydes is 1. The van der Waals surface area contributed by atoms with Gasteiger partial charge in [0.2, 0.25) is 0 Å². The second-order valence-electron chi connectivity index (χ2n) is 6.09. The number of pyridine rings is 1. The third-order valence-electron chi connectivity index (χ3n) is 3.67. The molecule has 3 nitrogen and oxygen atoms in total. The number of rotatable bonds is 2. The molecule has 0 fully saturated rings. The van der Waals surface area contributed by atoms with Crippen LogP contribution in [0.5, 0.6) is 0 Å². The number of nitrogens with zero attached hydrogens (tertiary/aromatic N) is 1. The van der Waals surface area contributed by atoms with Gasteiger partial charge in [0.15, 0.2) is 0 Å². The van der Waals surface area contributed by atoms with Crippen molar-refractivity contribution in [3.05, 3.63) is 47.2 Å². The fraction of sp³-hybridized carbons (Fsp3) is 0.188. The summed E-state index contributed by atoms with van der Waals surface area (Å²) in [7, 11) is 0. The molecule has 0 aliphatic heterocycles. The number of fused-ring (bicyclic) bond motifs is 3. The molecule has 0 bridgehead atoms. The number of hydrogen-bond acceptors (Lipinski definition) is 3. The molecule has 1 aromatic heterocycles. The normalized spacial score (nSPS) is 13.1. The van der Waals surface area contributed by atoms with Crippen LogP contribution in [-0.2, 0) is 0 Å². The van der Waals surface area contributed by atoms with Crippen molar-refractivity contribution < 1.29 is 9.59 Å². The van der Waals surface area contributed by atoms with Crippen LogP contribution in [0.1, 0.15) is 26.4 Å². The Morgan fingerprint density at radius 3 is 2.35 bits per heavy atom. The van der Waals surface area contributed by atoms with Crippen LogP contribution in [0.2, 0.25) is 14.8 Å². The van der Waals surface area contributed by atoms with E-state index in [1.165, 1.54) is 3.58 Å². The molecule has 0 radical (unpaired) electrons. The zero-order valence-corrected chi connectivity index (χ0v) is 14.6. The summed E-state index contributed by atoms with van der Waals surface area (Å²) < 4.78 is 1.33. The predicted octanol–water partition coefficient (Wildman–Crippen LogP) is 2.65. The Labute approximate surface area is 121 Å². The van der Waals surface area contributed by atoms with Gasteiger partial charge in [0.05, 0.1) is 0 Å². The molecule has 0 unspecified atom stereocenters. The number of carbonyl (C=O) groups is 2. The Kier molecular flexibility index (Phi) is 3.05. The Hall–Kier alpha value is -1.49. The molecule has 20 heavy (non-hydrogen) atoms. The monoisotopic (exact) mass is 373 g/mol. The topological polar surface area (TPSA) is 47.0 Å². The van der Waals surface area contributed by atoms with E-state index in [2.05, 4.69) is 25.9 Å². The number of aromatic nitrogens is 1. The van der Waals surface area contributed by atoms with E-state index in [4.69, 9.17) is 0 Å². The summed E-state index contributed by atoms with van der Waals surface area (Å²) in [6.45, 7) is 0. The van der Waals surface area contributed by atoms with Gasteiger partial charge >= 0.3 is 122 Å². The maximum atomic E-state index is 12.5. The predicted molar refractivity (Wildman–Crippen MR) is 81.5 cm³/mol. The van der Waals surface area contributed by atoms with E-state index in [-0.39, 0.29) is 5.78 Å². The van der Waals surface area contributed by atoms with Crippen molar-refractivity contribution in [2.75, 3.05) is 0 Å². The molecule has 1 aliphatic carbocycles. The van der Waals surface area contributed by atoms with Crippen molar-refractivity contribution in [2.45, 2.75) is 14.8 Å². The van der Waals surface area contributed by atoms with Gasteiger partial charge in [-0.15, -0.1) is 0 Å². The van der Waals surface area contributed by atoms with Gasteiger partial charge in [0, 0.05) is 0 Å². The number of ketones is 1. The van der Waals surface area contributed by atoms with Gasteiger partial charge in [-0.25, -0.2) is 0 Å². The van der Waals surface area contributed by atoms with Crippen molar-refractivity contribution in [1.82, 2.24) is 4.98 Å². The van der Waals surface area contributed by atoms with Crippen molar-refractivity contribution in [3.8, 4) is 11.3 Å². The summed E-state index contributed by atoms with van der Waals surface area (Å²) in [5, 5.41) is 0. The number of hydrogen-bond donors (Lipinski definition) is 0.